The lowest BCUT2D eigenvalue weighted by Crippen LogP contribution is -2.40. The summed E-state index contributed by atoms with van der Waals surface area (Å²) in [5.74, 6) is 0.980. The van der Waals surface area contributed by atoms with Gasteiger partial charge in [0, 0.05) is 25.7 Å². The van der Waals surface area contributed by atoms with Gasteiger partial charge in [-0.05, 0) is 32.5 Å². The number of rotatable bonds is 5. The van der Waals surface area contributed by atoms with Crippen LogP contribution in [-0.4, -0.2) is 62.6 Å². The predicted octanol–water partition coefficient (Wildman–Crippen LogP) is 1.51. The first-order valence-corrected chi connectivity index (χ1v) is 7.95. The average Bonchev–Trinajstić information content (AvgIpc) is 2.82. The molecular weight excluding hydrogens is 278 g/mol. The number of ether oxygens (including phenoxy) is 1. The van der Waals surface area contributed by atoms with Crippen molar-refractivity contribution < 1.29 is 9.53 Å². The fraction of sp³-hybridized carbons (Fsp3) is 0.588. The Morgan fingerprint density at radius 1 is 1.36 bits per heavy atom. The molecule has 5 heteroatoms. The topological polar surface area (TPSA) is 44.8 Å². The Bertz CT molecular complexity index is 485. The molecule has 1 aliphatic rings. The van der Waals surface area contributed by atoms with E-state index in [1.807, 2.05) is 43.1 Å². The highest BCUT2D eigenvalue weighted by molar-refractivity contribution is 5.78. The van der Waals surface area contributed by atoms with Crippen LogP contribution in [0.2, 0.25) is 0 Å². The molecule has 0 aliphatic carbocycles. The van der Waals surface area contributed by atoms with Crippen LogP contribution in [0, 0.1) is 0 Å². The maximum Gasteiger partial charge on any atom is 0.236 e. The third-order valence-electron chi connectivity index (χ3n) is 4.35. The van der Waals surface area contributed by atoms with Crippen LogP contribution in [0.15, 0.2) is 24.3 Å². The Balaban J connectivity index is 1.99. The minimum absolute atomic E-state index is 0.00578. The van der Waals surface area contributed by atoms with Crippen LogP contribution >= 0.6 is 0 Å². The second-order valence-electron chi connectivity index (χ2n) is 5.80. The zero-order valence-corrected chi connectivity index (χ0v) is 13.8. The van der Waals surface area contributed by atoms with Crippen LogP contribution in [-0.2, 0) is 4.79 Å². The van der Waals surface area contributed by atoms with Gasteiger partial charge in [-0.25, -0.2) is 0 Å². The summed E-state index contributed by atoms with van der Waals surface area (Å²) in [6.45, 7) is 6.44. The van der Waals surface area contributed by atoms with Gasteiger partial charge in [-0.3, -0.25) is 9.69 Å². The highest BCUT2D eigenvalue weighted by atomic mass is 16.5. The highest BCUT2D eigenvalue weighted by Gasteiger charge is 2.22. The Morgan fingerprint density at radius 2 is 2.14 bits per heavy atom. The molecule has 1 N–H and O–H groups in total. The summed E-state index contributed by atoms with van der Waals surface area (Å²) in [7, 11) is 3.53. The molecule has 1 aromatic carbocycles. The van der Waals surface area contributed by atoms with Gasteiger partial charge in [0.15, 0.2) is 0 Å². The monoisotopic (exact) mass is 305 g/mol. The number of hydrogen-bond donors (Lipinski definition) is 1. The maximum absolute atomic E-state index is 12.6. The van der Waals surface area contributed by atoms with Gasteiger partial charge in [-0.15, -0.1) is 0 Å². The molecular formula is C17H27N3O2. The van der Waals surface area contributed by atoms with Crippen LogP contribution in [0.4, 0.5) is 0 Å². The van der Waals surface area contributed by atoms with Crippen molar-refractivity contribution in [1.29, 1.82) is 0 Å². The first-order chi connectivity index (χ1) is 10.6. The number of carbonyl (C=O) groups excluding carboxylic acids is 1. The molecule has 1 aromatic rings. The first kappa shape index (κ1) is 16.8. The van der Waals surface area contributed by atoms with E-state index in [9.17, 15) is 4.79 Å². The number of amides is 1. The SMILES string of the molecule is COc1ccccc1C(C)N(C)C(=O)CN1CCCNCC1. The average molecular weight is 305 g/mol. The molecule has 0 radical (unpaired) electrons. The summed E-state index contributed by atoms with van der Waals surface area (Å²) in [4.78, 5) is 16.6. The van der Waals surface area contributed by atoms with Crippen LogP contribution in [0.5, 0.6) is 5.75 Å². The zero-order chi connectivity index (χ0) is 15.9. The van der Waals surface area contributed by atoms with Crippen LogP contribution in [0.3, 0.4) is 0 Å². The molecule has 1 saturated heterocycles. The third-order valence-corrected chi connectivity index (χ3v) is 4.35. The van der Waals surface area contributed by atoms with E-state index in [4.69, 9.17) is 4.74 Å². The quantitative estimate of drug-likeness (QED) is 0.896. The summed E-state index contributed by atoms with van der Waals surface area (Å²) in [6.07, 6.45) is 1.10. The Morgan fingerprint density at radius 3 is 2.91 bits per heavy atom. The summed E-state index contributed by atoms with van der Waals surface area (Å²) in [5, 5.41) is 3.36. The minimum atomic E-state index is -0.00578. The van der Waals surface area contributed by atoms with Gasteiger partial charge in [0.05, 0.1) is 19.7 Å². The summed E-state index contributed by atoms with van der Waals surface area (Å²) in [6, 6.07) is 7.87. The number of carbonyl (C=O) groups is 1. The molecule has 1 heterocycles. The number of nitrogens with zero attached hydrogens (tertiary/aromatic N) is 2. The maximum atomic E-state index is 12.6. The van der Waals surface area contributed by atoms with Crippen molar-refractivity contribution in [1.82, 2.24) is 15.1 Å². The van der Waals surface area contributed by atoms with Crippen molar-refractivity contribution in [3.63, 3.8) is 0 Å². The lowest BCUT2D eigenvalue weighted by atomic mass is 10.1. The summed E-state index contributed by atoms with van der Waals surface area (Å²) < 4.78 is 5.41. The number of nitrogens with one attached hydrogen (secondary N) is 1. The molecule has 5 nitrogen and oxygen atoms in total. The Hall–Kier alpha value is -1.59. The van der Waals surface area contributed by atoms with Gasteiger partial charge in [-0.2, -0.15) is 0 Å². The fourth-order valence-corrected chi connectivity index (χ4v) is 2.80. The number of likely N-dealkylation sites (N-methyl/N-ethyl adjacent to an activating group) is 1. The van der Waals surface area contributed by atoms with Crippen molar-refractivity contribution in [3.8, 4) is 5.75 Å². The van der Waals surface area contributed by atoms with Crippen molar-refractivity contribution >= 4 is 5.91 Å². The van der Waals surface area contributed by atoms with Gasteiger partial charge >= 0.3 is 0 Å². The lowest BCUT2D eigenvalue weighted by molar-refractivity contribution is -0.133. The largest absolute Gasteiger partial charge is 0.496 e. The molecule has 22 heavy (non-hydrogen) atoms. The van der Waals surface area contributed by atoms with E-state index in [-0.39, 0.29) is 11.9 Å². The molecule has 0 saturated carbocycles. The zero-order valence-electron chi connectivity index (χ0n) is 13.8. The van der Waals surface area contributed by atoms with E-state index < -0.39 is 0 Å². The fourth-order valence-electron chi connectivity index (χ4n) is 2.80. The van der Waals surface area contributed by atoms with Gasteiger partial charge in [0.2, 0.25) is 5.91 Å². The van der Waals surface area contributed by atoms with Crippen molar-refractivity contribution in [2.75, 3.05) is 46.9 Å². The van der Waals surface area contributed by atoms with E-state index in [1.54, 1.807) is 7.11 Å². The molecule has 1 atom stereocenters. The third kappa shape index (κ3) is 4.21. The number of hydrogen-bond acceptors (Lipinski definition) is 4. The van der Waals surface area contributed by atoms with Gasteiger partial charge in [0.1, 0.15) is 5.75 Å². The highest BCUT2D eigenvalue weighted by Crippen LogP contribution is 2.28. The Kier molecular flexibility index (Phi) is 6.21. The van der Waals surface area contributed by atoms with Crippen molar-refractivity contribution in [2.45, 2.75) is 19.4 Å². The molecule has 1 unspecified atom stereocenters. The molecule has 2 rings (SSSR count). The van der Waals surface area contributed by atoms with Gasteiger partial charge < -0.3 is 15.0 Å². The molecule has 1 amide bonds. The smallest absolute Gasteiger partial charge is 0.236 e. The van der Waals surface area contributed by atoms with Crippen LogP contribution in [0.1, 0.15) is 24.9 Å². The first-order valence-electron chi connectivity index (χ1n) is 7.95. The summed E-state index contributed by atoms with van der Waals surface area (Å²) in [5.41, 5.74) is 1.04. The molecule has 1 fully saturated rings. The predicted molar refractivity (Wildman–Crippen MR) is 88.1 cm³/mol. The Labute approximate surface area is 133 Å². The van der Waals surface area contributed by atoms with Gasteiger partial charge in [0.25, 0.3) is 0 Å². The lowest BCUT2D eigenvalue weighted by Gasteiger charge is -2.29. The van der Waals surface area contributed by atoms with Gasteiger partial charge in [-0.1, -0.05) is 18.2 Å². The van der Waals surface area contributed by atoms with Crippen molar-refractivity contribution in [3.05, 3.63) is 29.8 Å². The van der Waals surface area contributed by atoms with E-state index in [1.165, 1.54) is 0 Å². The molecule has 0 bridgehead atoms. The van der Waals surface area contributed by atoms with Crippen LogP contribution in [0.25, 0.3) is 0 Å². The standard InChI is InChI=1S/C17H27N3O2/c1-14(15-7-4-5-8-16(15)22-3)19(2)17(21)13-20-11-6-9-18-10-12-20/h4-5,7-8,14,18H,6,9-13H2,1-3H3. The van der Waals surface area contributed by atoms with E-state index >= 15 is 0 Å². The second-order valence-corrected chi connectivity index (χ2v) is 5.80. The molecule has 0 aromatic heterocycles. The number of benzene rings is 1. The van der Waals surface area contributed by atoms with E-state index in [0.717, 1.165) is 43.9 Å². The second kappa shape index (κ2) is 8.15. The van der Waals surface area contributed by atoms with E-state index in [0.29, 0.717) is 6.54 Å². The minimum Gasteiger partial charge on any atom is -0.496 e. The molecule has 122 valence electrons. The van der Waals surface area contributed by atoms with E-state index in [2.05, 4.69) is 10.2 Å². The normalized spacial score (nSPS) is 17.6. The molecule has 0 spiro atoms. The number of methoxy groups -OCH3 is 1. The number of para-hydroxylation sites is 1. The molecule has 1 aliphatic heterocycles. The summed E-state index contributed by atoms with van der Waals surface area (Å²) >= 11 is 0. The van der Waals surface area contributed by atoms with Crippen molar-refractivity contribution in [2.24, 2.45) is 0 Å². The van der Waals surface area contributed by atoms with Crippen LogP contribution < -0.4 is 10.1 Å².